The van der Waals surface area contributed by atoms with Crippen LogP contribution < -0.4 is 0 Å². The van der Waals surface area contributed by atoms with Gasteiger partial charge in [-0.3, -0.25) is 0 Å². The third-order valence-corrected chi connectivity index (χ3v) is 5.00. The molecule has 6 heteroatoms. The molecule has 4 aromatic rings. The van der Waals surface area contributed by atoms with Crippen LogP contribution in [-0.2, 0) is 7.05 Å². The molecule has 0 fully saturated rings. The number of aromatic nitrogens is 4. The highest BCUT2D eigenvalue weighted by molar-refractivity contribution is 7.20. The molecule has 0 amide bonds. The van der Waals surface area contributed by atoms with Crippen LogP contribution in [0.4, 0.5) is 0 Å². The molecule has 0 N–H and O–H groups in total. The first kappa shape index (κ1) is 11.7. The summed E-state index contributed by atoms with van der Waals surface area (Å²) < 4.78 is 2.04. The smallest absolute Gasteiger partial charge is 0.178 e. The monoisotopic (exact) mass is 298 g/mol. The number of thiophene rings is 1. The van der Waals surface area contributed by atoms with Gasteiger partial charge in [-0.2, -0.15) is 0 Å². The molecule has 0 aliphatic carbocycles. The summed E-state index contributed by atoms with van der Waals surface area (Å²) in [6.45, 7) is 0. The quantitative estimate of drug-likeness (QED) is 0.565. The number of pyridine rings is 1. The number of imidazole rings is 1. The molecule has 0 saturated carbocycles. The van der Waals surface area contributed by atoms with Crippen molar-refractivity contribution >= 4 is 33.8 Å². The predicted molar refractivity (Wildman–Crippen MR) is 82.9 cm³/mol. The van der Waals surface area contributed by atoms with Gasteiger partial charge in [-0.25, -0.2) is 15.0 Å². The van der Waals surface area contributed by atoms with Crippen LogP contribution in [0.5, 0.6) is 0 Å². The minimum atomic E-state index is 0.760. The van der Waals surface area contributed by atoms with Crippen LogP contribution >= 0.6 is 22.7 Å². The predicted octanol–water partition coefficient (Wildman–Crippen LogP) is 3.82. The highest BCUT2D eigenvalue weighted by atomic mass is 32.1. The average Bonchev–Trinajstić information content (AvgIpc) is 3.17. The van der Waals surface area contributed by atoms with Crippen molar-refractivity contribution in [3.63, 3.8) is 0 Å². The van der Waals surface area contributed by atoms with Crippen LogP contribution in [0.3, 0.4) is 0 Å². The Morgan fingerprint density at radius 3 is 2.85 bits per heavy atom. The van der Waals surface area contributed by atoms with Crippen LogP contribution in [0.2, 0.25) is 0 Å². The van der Waals surface area contributed by atoms with E-state index >= 15 is 0 Å². The molecule has 0 aliphatic heterocycles. The summed E-state index contributed by atoms with van der Waals surface area (Å²) in [7, 11) is 2.00. The zero-order valence-electron chi connectivity index (χ0n) is 10.6. The molecule has 0 aromatic carbocycles. The van der Waals surface area contributed by atoms with Gasteiger partial charge in [0.15, 0.2) is 11.5 Å². The van der Waals surface area contributed by atoms with Gasteiger partial charge >= 0.3 is 0 Å². The Kier molecular flexibility index (Phi) is 2.64. The van der Waals surface area contributed by atoms with Crippen LogP contribution in [0.25, 0.3) is 32.6 Å². The molecular weight excluding hydrogens is 288 g/mol. The Hall–Kier alpha value is -2.05. The molecule has 0 unspecified atom stereocenters. The zero-order valence-corrected chi connectivity index (χ0v) is 12.3. The third kappa shape index (κ3) is 1.76. The van der Waals surface area contributed by atoms with E-state index in [1.54, 1.807) is 28.9 Å². The molecule has 0 spiro atoms. The van der Waals surface area contributed by atoms with Crippen molar-refractivity contribution < 1.29 is 0 Å². The summed E-state index contributed by atoms with van der Waals surface area (Å²) >= 11 is 3.35. The summed E-state index contributed by atoms with van der Waals surface area (Å²) in [5.41, 5.74) is 2.68. The molecule has 0 aliphatic rings. The lowest BCUT2D eigenvalue weighted by Gasteiger charge is -1.97. The lowest BCUT2D eigenvalue weighted by atomic mass is 10.4. The molecule has 20 heavy (non-hydrogen) atoms. The van der Waals surface area contributed by atoms with Gasteiger partial charge < -0.3 is 4.57 Å². The lowest BCUT2D eigenvalue weighted by molar-refractivity contribution is 0.953. The highest BCUT2D eigenvalue weighted by Crippen LogP contribution is 2.31. The van der Waals surface area contributed by atoms with Crippen molar-refractivity contribution in [2.45, 2.75) is 0 Å². The Morgan fingerprint density at radius 1 is 1.10 bits per heavy atom. The number of thiazole rings is 1. The van der Waals surface area contributed by atoms with Crippen LogP contribution in [-0.4, -0.2) is 19.5 Å². The fraction of sp³-hybridized carbons (Fsp3) is 0.0714. The Morgan fingerprint density at radius 2 is 2.05 bits per heavy atom. The minimum Gasteiger partial charge on any atom is -0.324 e. The second-order valence-corrected chi connectivity index (χ2v) is 6.16. The number of fused-ring (bicyclic) bond motifs is 1. The van der Waals surface area contributed by atoms with Gasteiger partial charge in [-0.1, -0.05) is 6.07 Å². The van der Waals surface area contributed by atoms with Crippen molar-refractivity contribution in [1.82, 2.24) is 19.5 Å². The van der Waals surface area contributed by atoms with Crippen molar-refractivity contribution in [2.75, 3.05) is 0 Å². The van der Waals surface area contributed by atoms with E-state index in [2.05, 4.69) is 26.8 Å². The number of hydrogen-bond donors (Lipinski definition) is 0. The molecular formula is C14H10N4S2. The molecule has 98 valence electrons. The molecule has 0 radical (unpaired) electrons. The van der Waals surface area contributed by atoms with Crippen LogP contribution in [0.1, 0.15) is 0 Å². The van der Waals surface area contributed by atoms with Gasteiger partial charge in [-0.15, -0.1) is 22.7 Å². The molecule has 4 nitrogen and oxygen atoms in total. The van der Waals surface area contributed by atoms with Gasteiger partial charge in [0.05, 0.1) is 10.4 Å². The zero-order chi connectivity index (χ0) is 13.5. The van der Waals surface area contributed by atoms with Crippen molar-refractivity contribution in [2.24, 2.45) is 7.05 Å². The number of rotatable bonds is 2. The van der Waals surface area contributed by atoms with Gasteiger partial charge in [0.1, 0.15) is 10.7 Å². The second-order valence-electron chi connectivity index (χ2n) is 4.36. The maximum atomic E-state index is 4.70. The molecule has 4 aromatic heterocycles. The van der Waals surface area contributed by atoms with Crippen LogP contribution in [0.15, 0.2) is 41.2 Å². The van der Waals surface area contributed by atoms with E-state index < -0.39 is 0 Å². The van der Waals surface area contributed by atoms with Gasteiger partial charge in [-0.05, 0) is 23.6 Å². The van der Waals surface area contributed by atoms with Gasteiger partial charge in [0.2, 0.25) is 0 Å². The fourth-order valence-electron chi connectivity index (χ4n) is 2.14. The first-order valence-electron chi connectivity index (χ1n) is 6.10. The topological polar surface area (TPSA) is 43.6 Å². The molecule has 0 atom stereocenters. The maximum Gasteiger partial charge on any atom is 0.178 e. The third-order valence-electron chi connectivity index (χ3n) is 3.12. The lowest BCUT2D eigenvalue weighted by Crippen LogP contribution is -1.92. The van der Waals surface area contributed by atoms with Gasteiger partial charge in [0.25, 0.3) is 0 Å². The SMILES string of the molecule is Cn1c(-c2csc(-c3cccs3)n2)nc2ncccc21. The van der Waals surface area contributed by atoms with Crippen molar-refractivity contribution in [3.05, 3.63) is 41.2 Å². The van der Waals surface area contributed by atoms with Gasteiger partial charge in [0, 0.05) is 18.6 Å². The summed E-state index contributed by atoms with van der Waals surface area (Å²) in [4.78, 5) is 14.8. The summed E-state index contributed by atoms with van der Waals surface area (Å²) in [5.74, 6) is 0.859. The normalized spacial score (nSPS) is 11.2. The molecule has 0 saturated heterocycles. The first-order chi connectivity index (χ1) is 9.83. The van der Waals surface area contributed by atoms with E-state index in [1.165, 1.54) is 4.88 Å². The Bertz CT molecular complexity index is 874. The number of aryl methyl sites for hydroxylation is 1. The van der Waals surface area contributed by atoms with E-state index in [0.29, 0.717) is 0 Å². The van der Waals surface area contributed by atoms with E-state index in [4.69, 9.17) is 4.98 Å². The Labute approximate surface area is 123 Å². The highest BCUT2D eigenvalue weighted by Gasteiger charge is 2.14. The maximum absolute atomic E-state index is 4.70. The Balaban J connectivity index is 1.85. The van der Waals surface area contributed by atoms with E-state index in [0.717, 1.165) is 27.7 Å². The van der Waals surface area contributed by atoms with E-state index in [9.17, 15) is 0 Å². The minimum absolute atomic E-state index is 0.760. The molecule has 4 heterocycles. The average molecular weight is 298 g/mol. The number of nitrogens with zero attached hydrogens (tertiary/aromatic N) is 4. The van der Waals surface area contributed by atoms with E-state index in [-0.39, 0.29) is 0 Å². The summed E-state index contributed by atoms with van der Waals surface area (Å²) in [6, 6.07) is 8.07. The summed E-state index contributed by atoms with van der Waals surface area (Å²) in [6.07, 6.45) is 1.76. The number of hydrogen-bond acceptors (Lipinski definition) is 5. The van der Waals surface area contributed by atoms with Crippen molar-refractivity contribution in [3.8, 4) is 21.4 Å². The second kappa shape index (κ2) is 4.50. The largest absolute Gasteiger partial charge is 0.324 e. The first-order valence-corrected chi connectivity index (χ1v) is 7.86. The standard InChI is InChI=1S/C14H10N4S2/c1-18-10-4-2-6-15-12(10)17-13(18)9-8-20-14(16-9)11-5-3-7-19-11/h2-8H,1H3. The van der Waals surface area contributed by atoms with Crippen LogP contribution in [0, 0.1) is 0 Å². The fourth-order valence-corrected chi connectivity index (χ4v) is 3.76. The van der Waals surface area contributed by atoms with Crippen molar-refractivity contribution in [1.29, 1.82) is 0 Å². The molecule has 4 rings (SSSR count). The summed E-state index contributed by atoms with van der Waals surface area (Å²) in [5, 5.41) is 5.15. The van der Waals surface area contributed by atoms with E-state index in [1.807, 2.05) is 29.8 Å². The molecule has 0 bridgehead atoms.